The van der Waals surface area contributed by atoms with E-state index in [4.69, 9.17) is 4.42 Å². The summed E-state index contributed by atoms with van der Waals surface area (Å²) in [6.45, 7) is 3.28. The lowest BCUT2D eigenvalue weighted by molar-refractivity contribution is 0.0663. The number of hydrogen-bond donors (Lipinski definition) is 0. The molecule has 8 heteroatoms. The molecule has 3 aromatic heterocycles. The number of hydrogen-bond acceptors (Lipinski definition) is 6. The molecule has 2 fully saturated rings. The molecule has 1 aliphatic heterocycles. The molecule has 1 saturated carbocycles. The summed E-state index contributed by atoms with van der Waals surface area (Å²) in [4.78, 5) is 26.3. The van der Waals surface area contributed by atoms with Crippen molar-refractivity contribution in [3.63, 3.8) is 0 Å². The average molecular weight is 378 g/mol. The molecule has 1 amide bonds. The first-order valence-electron chi connectivity index (χ1n) is 9.64. The van der Waals surface area contributed by atoms with Crippen molar-refractivity contribution in [3.05, 3.63) is 48.1 Å². The fraction of sp³-hybridized carbons (Fsp3) is 0.400. The third-order valence-corrected chi connectivity index (χ3v) is 5.40. The summed E-state index contributed by atoms with van der Waals surface area (Å²) in [7, 11) is 2.08. The zero-order valence-electron chi connectivity index (χ0n) is 15.8. The second-order valence-electron chi connectivity index (χ2n) is 7.44. The summed E-state index contributed by atoms with van der Waals surface area (Å²) in [6.07, 6.45) is 7.12. The highest BCUT2D eigenvalue weighted by atomic mass is 16.3. The average Bonchev–Trinajstić information content (AvgIpc) is 3.24. The van der Waals surface area contributed by atoms with Crippen molar-refractivity contribution < 1.29 is 9.21 Å². The van der Waals surface area contributed by atoms with Gasteiger partial charge in [0.25, 0.3) is 11.9 Å². The molecule has 0 atom stereocenters. The number of likely N-dealkylation sites (N-methyl/N-ethyl adjacent to an activating group) is 1. The summed E-state index contributed by atoms with van der Waals surface area (Å²) >= 11 is 0. The lowest BCUT2D eigenvalue weighted by atomic mass is 10.1. The third-order valence-electron chi connectivity index (χ3n) is 5.40. The van der Waals surface area contributed by atoms with E-state index < -0.39 is 0 Å². The maximum atomic E-state index is 13.2. The second-order valence-corrected chi connectivity index (χ2v) is 7.44. The Labute approximate surface area is 162 Å². The fourth-order valence-electron chi connectivity index (χ4n) is 3.62. The molecule has 2 aliphatic rings. The van der Waals surface area contributed by atoms with E-state index in [1.165, 1.54) is 0 Å². The highest BCUT2D eigenvalue weighted by molar-refractivity contribution is 5.95. The van der Waals surface area contributed by atoms with Gasteiger partial charge >= 0.3 is 0 Å². The summed E-state index contributed by atoms with van der Waals surface area (Å²) in [5, 5.41) is 4.50. The molecule has 4 heterocycles. The molecule has 0 radical (unpaired) electrons. The first-order valence-corrected chi connectivity index (χ1v) is 9.64. The van der Waals surface area contributed by atoms with Gasteiger partial charge < -0.3 is 14.2 Å². The molecule has 1 saturated heterocycles. The van der Waals surface area contributed by atoms with Crippen molar-refractivity contribution in [3.8, 4) is 17.4 Å². The number of carbonyl (C=O) groups is 1. The minimum Gasteiger partial charge on any atom is -0.463 e. The quantitative estimate of drug-likeness (QED) is 0.692. The van der Waals surface area contributed by atoms with E-state index in [0.29, 0.717) is 28.9 Å². The van der Waals surface area contributed by atoms with Crippen molar-refractivity contribution in [1.82, 2.24) is 29.5 Å². The van der Waals surface area contributed by atoms with Gasteiger partial charge in [-0.05, 0) is 38.1 Å². The van der Waals surface area contributed by atoms with Crippen LogP contribution in [0.25, 0.3) is 17.4 Å². The molecule has 0 bridgehead atoms. The van der Waals surface area contributed by atoms with E-state index in [9.17, 15) is 4.79 Å². The Balaban J connectivity index is 1.50. The molecule has 5 rings (SSSR count). The van der Waals surface area contributed by atoms with Crippen molar-refractivity contribution in [1.29, 1.82) is 0 Å². The van der Waals surface area contributed by atoms with Crippen molar-refractivity contribution in [2.45, 2.75) is 18.8 Å². The summed E-state index contributed by atoms with van der Waals surface area (Å²) in [5.74, 6) is 1.54. The number of nitrogens with zero attached hydrogens (tertiary/aromatic N) is 6. The topological polar surface area (TPSA) is 80.3 Å². The first-order chi connectivity index (χ1) is 13.7. The largest absolute Gasteiger partial charge is 0.463 e. The third kappa shape index (κ3) is 3.09. The number of rotatable bonds is 4. The van der Waals surface area contributed by atoms with Crippen molar-refractivity contribution >= 4 is 5.91 Å². The summed E-state index contributed by atoms with van der Waals surface area (Å²) < 4.78 is 7.18. The van der Waals surface area contributed by atoms with Gasteiger partial charge in [0.05, 0.1) is 23.7 Å². The van der Waals surface area contributed by atoms with Crippen LogP contribution in [0.1, 0.15) is 34.8 Å². The Bertz CT molecular complexity index is 984. The Morgan fingerprint density at radius 1 is 1.18 bits per heavy atom. The molecule has 0 spiro atoms. The van der Waals surface area contributed by atoms with Crippen LogP contribution in [-0.2, 0) is 0 Å². The predicted molar refractivity (Wildman–Crippen MR) is 102 cm³/mol. The van der Waals surface area contributed by atoms with E-state index >= 15 is 0 Å². The molecular formula is C20H22N6O2. The van der Waals surface area contributed by atoms with Crippen LogP contribution in [0.2, 0.25) is 0 Å². The zero-order chi connectivity index (χ0) is 19.1. The maximum absolute atomic E-state index is 13.2. The van der Waals surface area contributed by atoms with E-state index in [1.807, 2.05) is 17.0 Å². The van der Waals surface area contributed by atoms with Crippen LogP contribution >= 0.6 is 0 Å². The lowest BCUT2D eigenvalue weighted by Crippen LogP contribution is -2.47. The van der Waals surface area contributed by atoms with Gasteiger partial charge in [-0.3, -0.25) is 4.79 Å². The maximum Gasteiger partial charge on any atom is 0.257 e. The van der Waals surface area contributed by atoms with Crippen molar-refractivity contribution in [2.24, 2.45) is 0 Å². The summed E-state index contributed by atoms with van der Waals surface area (Å²) in [6, 6.07) is 5.49. The molecule has 28 heavy (non-hydrogen) atoms. The van der Waals surface area contributed by atoms with Crippen LogP contribution in [0.5, 0.6) is 0 Å². The zero-order valence-corrected chi connectivity index (χ0v) is 15.8. The van der Waals surface area contributed by atoms with Crippen LogP contribution in [-0.4, -0.2) is 68.7 Å². The van der Waals surface area contributed by atoms with Crippen LogP contribution in [0.15, 0.2) is 41.3 Å². The second kappa shape index (κ2) is 6.87. The van der Waals surface area contributed by atoms with E-state index in [1.54, 1.807) is 29.4 Å². The van der Waals surface area contributed by atoms with Gasteiger partial charge in [-0.1, -0.05) is 0 Å². The minimum absolute atomic E-state index is 0.0587. The molecule has 0 aromatic carbocycles. The molecule has 0 N–H and O–H groups in total. The number of furan rings is 1. The molecular weight excluding hydrogens is 356 g/mol. The SMILES string of the molecule is CN1CCN(C(=O)c2cnn(-c3nccc(-c4ccco4)n3)c2C2CC2)CC1. The number of aromatic nitrogens is 4. The van der Waals surface area contributed by atoms with E-state index in [-0.39, 0.29) is 5.91 Å². The van der Waals surface area contributed by atoms with Crippen LogP contribution in [0.4, 0.5) is 0 Å². The summed E-state index contributed by atoms with van der Waals surface area (Å²) in [5.41, 5.74) is 2.30. The van der Waals surface area contributed by atoms with Gasteiger partial charge in [-0.2, -0.15) is 5.10 Å². The van der Waals surface area contributed by atoms with Crippen LogP contribution < -0.4 is 0 Å². The normalized spacial score (nSPS) is 17.8. The minimum atomic E-state index is 0.0587. The smallest absolute Gasteiger partial charge is 0.257 e. The molecule has 0 unspecified atom stereocenters. The van der Waals surface area contributed by atoms with Crippen LogP contribution in [0, 0.1) is 0 Å². The fourth-order valence-corrected chi connectivity index (χ4v) is 3.62. The standard InChI is InChI=1S/C20H22N6O2/c1-24-8-10-25(11-9-24)19(27)15-13-22-26(18(15)14-4-5-14)20-21-7-6-16(23-20)17-3-2-12-28-17/h2-3,6-7,12-14H,4-5,8-11H2,1H3. The molecule has 144 valence electrons. The number of carbonyl (C=O) groups excluding carboxylic acids is 1. The number of piperazine rings is 1. The van der Waals surface area contributed by atoms with Gasteiger partial charge in [0, 0.05) is 38.3 Å². The Kier molecular flexibility index (Phi) is 4.20. The van der Waals surface area contributed by atoms with E-state index in [0.717, 1.165) is 44.7 Å². The predicted octanol–water partition coefficient (Wildman–Crippen LogP) is 2.19. The molecule has 1 aliphatic carbocycles. The molecule has 3 aromatic rings. The highest BCUT2D eigenvalue weighted by Gasteiger charge is 2.35. The van der Waals surface area contributed by atoms with Gasteiger partial charge in [-0.25, -0.2) is 14.6 Å². The van der Waals surface area contributed by atoms with Crippen LogP contribution in [0.3, 0.4) is 0 Å². The Morgan fingerprint density at radius 3 is 2.71 bits per heavy atom. The van der Waals surface area contributed by atoms with Gasteiger partial charge in [-0.15, -0.1) is 0 Å². The number of amides is 1. The van der Waals surface area contributed by atoms with Gasteiger partial charge in [0.1, 0.15) is 5.69 Å². The Hall–Kier alpha value is -3.00. The first kappa shape index (κ1) is 17.1. The molecule has 8 nitrogen and oxygen atoms in total. The van der Waals surface area contributed by atoms with Crippen molar-refractivity contribution in [2.75, 3.05) is 33.2 Å². The monoisotopic (exact) mass is 378 g/mol. The van der Waals surface area contributed by atoms with E-state index in [2.05, 4.69) is 27.0 Å². The highest BCUT2D eigenvalue weighted by Crippen LogP contribution is 2.42. The van der Waals surface area contributed by atoms with Gasteiger partial charge in [0.2, 0.25) is 0 Å². The van der Waals surface area contributed by atoms with Gasteiger partial charge in [0.15, 0.2) is 5.76 Å². The lowest BCUT2D eigenvalue weighted by Gasteiger charge is -2.32. The Morgan fingerprint density at radius 2 is 2.00 bits per heavy atom.